The summed E-state index contributed by atoms with van der Waals surface area (Å²) in [6.07, 6.45) is 0. The van der Waals surface area contributed by atoms with Gasteiger partial charge in [-0.1, -0.05) is 11.0 Å². The zero-order chi connectivity index (χ0) is 3.41. The van der Waals surface area contributed by atoms with Gasteiger partial charge in [-0.15, -0.1) is 0 Å². The molecule has 0 aromatic heterocycles. The van der Waals surface area contributed by atoms with Gasteiger partial charge in [0.15, 0.2) is 0 Å². The highest BCUT2D eigenvalue weighted by Gasteiger charge is 1.59. The van der Waals surface area contributed by atoms with Crippen LogP contribution in [0, 0.1) is 6.92 Å². The second-order valence-corrected chi connectivity index (χ2v) is 1.59. The van der Waals surface area contributed by atoms with Crippen LogP contribution >= 0.6 is 21.7 Å². The van der Waals surface area contributed by atoms with Gasteiger partial charge in [-0.3, -0.25) is 0 Å². The zero-order valence-electron chi connectivity index (χ0n) is 2.20. The van der Waals surface area contributed by atoms with Gasteiger partial charge in [0, 0.05) is 5.75 Å². The largest absolute Gasteiger partial charge is 0.0558 e. The smallest absolute Gasteiger partial charge is 0.00855 e. The van der Waals surface area contributed by atoms with Crippen LogP contribution in [0.2, 0.25) is 0 Å². The highest BCUT2D eigenvalue weighted by molar-refractivity contribution is 8.21. The molecule has 0 bridgehead atoms. The van der Waals surface area contributed by atoms with Gasteiger partial charge in [0.25, 0.3) is 0 Å². The van der Waals surface area contributed by atoms with Gasteiger partial charge >= 0.3 is 0 Å². The summed E-state index contributed by atoms with van der Waals surface area (Å²) in [6, 6.07) is 0. The van der Waals surface area contributed by atoms with E-state index in [2.05, 4.69) is 6.92 Å². The summed E-state index contributed by atoms with van der Waals surface area (Å²) in [7, 11) is 6.26. The molecule has 1 radical (unpaired) electrons. The first-order valence-electron chi connectivity index (χ1n) is 0.943. The minimum absolute atomic E-state index is 0.752. The van der Waals surface area contributed by atoms with E-state index in [0.717, 1.165) is 5.75 Å². The SMILES string of the molecule is [CH2]CSCl. The van der Waals surface area contributed by atoms with Crippen molar-refractivity contribution in [1.29, 1.82) is 0 Å². The summed E-state index contributed by atoms with van der Waals surface area (Å²) in [5, 5.41) is 0. The lowest BCUT2D eigenvalue weighted by atomic mass is 11.0. The standard InChI is InChI=1S/C2H4ClS/c1-2-4-3/h1-2H2. The topological polar surface area (TPSA) is 0 Å². The van der Waals surface area contributed by atoms with Gasteiger partial charge in [-0.25, -0.2) is 0 Å². The van der Waals surface area contributed by atoms with Crippen LogP contribution in [0.5, 0.6) is 0 Å². The predicted molar refractivity (Wildman–Crippen MR) is 23.7 cm³/mol. The van der Waals surface area contributed by atoms with Crippen molar-refractivity contribution in [3.05, 3.63) is 6.92 Å². The monoisotopic (exact) mass is 95.0 g/mol. The second kappa shape index (κ2) is 3.64. The van der Waals surface area contributed by atoms with E-state index in [1.54, 1.807) is 0 Å². The van der Waals surface area contributed by atoms with Crippen LogP contribution in [0.25, 0.3) is 0 Å². The lowest BCUT2D eigenvalue weighted by molar-refractivity contribution is 1.85. The van der Waals surface area contributed by atoms with Crippen LogP contribution in [-0.4, -0.2) is 5.75 Å². The maximum atomic E-state index is 5.04. The van der Waals surface area contributed by atoms with Crippen molar-refractivity contribution in [3.8, 4) is 0 Å². The van der Waals surface area contributed by atoms with E-state index in [0.29, 0.717) is 0 Å². The molecule has 0 heterocycles. The molecule has 0 amide bonds. The van der Waals surface area contributed by atoms with Crippen LogP contribution in [-0.2, 0) is 0 Å². The summed E-state index contributed by atoms with van der Waals surface area (Å²) in [6.45, 7) is 3.44. The van der Waals surface area contributed by atoms with Crippen LogP contribution in [0.15, 0.2) is 0 Å². The molecule has 2 heteroatoms. The van der Waals surface area contributed by atoms with Gasteiger partial charge in [0.05, 0.1) is 0 Å². The molecule has 0 fully saturated rings. The molecule has 0 unspecified atom stereocenters. The highest BCUT2D eigenvalue weighted by Crippen LogP contribution is 2.00. The Hall–Kier alpha value is 0.640. The maximum Gasteiger partial charge on any atom is 0.00855 e. The summed E-state index contributed by atoms with van der Waals surface area (Å²) in [4.78, 5) is 0. The van der Waals surface area contributed by atoms with Crippen molar-refractivity contribution < 1.29 is 0 Å². The molecule has 25 valence electrons. The molecule has 4 heavy (non-hydrogen) atoms. The molecule has 0 aliphatic rings. The first-order chi connectivity index (χ1) is 1.91. The van der Waals surface area contributed by atoms with Gasteiger partial charge < -0.3 is 0 Å². The average molecular weight is 95.6 g/mol. The minimum Gasteiger partial charge on any atom is -0.0558 e. The molecule has 0 rings (SSSR count). The van der Waals surface area contributed by atoms with Gasteiger partial charge in [0.1, 0.15) is 0 Å². The van der Waals surface area contributed by atoms with Crippen LogP contribution in [0.3, 0.4) is 0 Å². The molecule has 0 saturated carbocycles. The molecule has 0 nitrogen and oxygen atoms in total. The first-order valence-corrected chi connectivity index (χ1v) is 2.75. The van der Waals surface area contributed by atoms with Crippen LogP contribution in [0.1, 0.15) is 0 Å². The van der Waals surface area contributed by atoms with E-state index in [1.165, 1.54) is 11.0 Å². The fourth-order valence-corrected chi connectivity index (χ4v) is 0. The Labute approximate surface area is 35.0 Å². The third kappa shape index (κ3) is 2.64. The van der Waals surface area contributed by atoms with E-state index in [9.17, 15) is 0 Å². The lowest BCUT2D eigenvalue weighted by Gasteiger charge is -1.65. The van der Waals surface area contributed by atoms with E-state index >= 15 is 0 Å². The summed E-state index contributed by atoms with van der Waals surface area (Å²) >= 11 is 0. The molecular weight excluding hydrogens is 91.5 g/mol. The fourth-order valence-electron chi connectivity index (χ4n) is 0. The quantitative estimate of drug-likeness (QED) is 0.478. The zero-order valence-corrected chi connectivity index (χ0v) is 3.77. The molecule has 0 aromatic carbocycles. The summed E-state index contributed by atoms with van der Waals surface area (Å²) in [5.41, 5.74) is 0. The molecule has 0 spiro atoms. The van der Waals surface area contributed by atoms with Crippen molar-refractivity contribution in [3.63, 3.8) is 0 Å². The summed E-state index contributed by atoms with van der Waals surface area (Å²) < 4.78 is 0. The van der Waals surface area contributed by atoms with Gasteiger partial charge in [-0.2, -0.15) is 0 Å². The average Bonchev–Trinajstić information content (AvgIpc) is 1.37. The molecule has 0 aliphatic heterocycles. The number of hydrogen-bond acceptors (Lipinski definition) is 1. The van der Waals surface area contributed by atoms with E-state index in [4.69, 9.17) is 10.7 Å². The van der Waals surface area contributed by atoms with Crippen molar-refractivity contribution >= 4 is 21.7 Å². The Kier molecular flexibility index (Phi) is 4.22. The maximum absolute atomic E-state index is 5.04. The van der Waals surface area contributed by atoms with Crippen molar-refractivity contribution in [2.24, 2.45) is 0 Å². The van der Waals surface area contributed by atoms with E-state index in [-0.39, 0.29) is 0 Å². The minimum atomic E-state index is 0.752. The lowest BCUT2D eigenvalue weighted by Crippen LogP contribution is -1.46. The molecule has 0 aromatic rings. The molecule has 0 saturated heterocycles. The number of rotatable bonds is 1. The van der Waals surface area contributed by atoms with Crippen molar-refractivity contribution in [1.82, 2.24) is 0 Å². The van der Waals surface area contributed by atoms with Gasteiger partial charge in [-0.05, 0) is 17.6 Å². The Bertz CT molecular complexity index is 8.00. The second-order valence-electron chi connectivity index (χ2n) is 0.313. The molecular formula is C2H4ClS. The third-order valence-corrected chi connectivity index (χ3v) is 0.694. The van der Waals surface area contributed by atoms with Crippen LogP contribution < -0.4 is 0 Å². The first kappa shape index (κ1) is 4.64. The number of halogens is 1. The Morgan fingerprint density at radius 3 is 2.25 bits per heavy atom. The van der Waals surface area contributed by atoms with E-state index in [1.807, 2.05) is 0 Å². The highest BCUT2D eigenvalue weighted by atomic mass is 35.7. The fraction of sp³-hybridized carbons (Fsp3) is 0.500. The molecule has 0 aliphatic carbocycles. The Morgan fingerprint density at radius 1 is 2.00 bits per heavy atom. The number of hydrogen-bond donors (Lipinski definition) is 0. The van der Waals surface area contributed by atoms with Crippen LogP contribution in [0.4, 0.5) is 0 Å². The third-order valence-electron chi connectivity index (χ3n) is 0.0772. The van der Waals surface area contributed by atoms with Crippen molar-refractivity contribution in [2.45, 2.75) is 0 Å². The predicted octanol–water partition coefficient (Wildman–Crippen LogP) is 1.71. The Balaban J connectivity index is 1.97. The van der Waals surface area contributed by atoms with E-state index < -0.39 is 0 Å². The normalized spacial score (nSPS) is 7.50. The molecule has 0 N–H and O–H groups in total. The summed E-state index contributed by atoms with van der Waals surface area (Å²) in [5.74, 6) is 0.752. The van der Waals surface area contributed by atoms with Crippen molar-refractivity contribution in [2.75, 3.05) is 5.75 Å². The van der Waals surface area contributed by atoms with Gasteiger partial charge in [0.2, 0.25) is 0 Å². The molecule has 0 atom stereocenters. The Morgan fingerprint density at radius 2 is 2.25 bits per heavy atom.